The lowest BCUT2D eigenvalue weighted by Gasteiger charge is -2.04. The van der Waals surface area contributed by atoms with Crippen LogP contribution in [-0.2, 0) is 0 Å². The van der Waals surface area contributed by atoms with Gasteiger partial charge in [0.2, 0.25) is 11.8 Å². The number of pyridine rings is 1. The molecule has 25 heavy (non-hydrogen) atoms. The molecule has 0 bridgehead atoms. The topological polar surface area (TPSA) is 101 Å². The third kappa shape index (κ3) is 2.62. The lowest BCUT2D eigenvalue weighted by molar-refractivity contribution is 0.433. The fraction of sp³-hybridized carbons (Fsp3) is 0. The molecule has 0 aliphatic rings. The van der Waals surface area contributed by atoms with Gasteiger partial charge in [0.15, 0.2) is 5.82 Å². The van der Waals surface area contributed by atoms with Crippen LogP contribution < -0.4 is 0 Å². The first kappa shape index (κ1) is 14.7. The van der Waals surface area contributed by atoms with E-state index in [1.807, 2.05) is 0 Å². The van der Waals surface area contributed by atoms with Crippen LogP contribution in [0.5, 0.6) is 5.88 Å². The zero-order valence-corrected chi connectivity index (χ0v) is 12.9. The Morgan fingerprint density at radius 2 is 1.80 bits per heavy atom. The Morgan fingerprint density at radius 1 is 1.00 bits per heavy atom. The van der Waals surface area contributed by atoms with E-state index in [-0.39, 0.29) is 5.88 Å². The van der Waals surface area contributed by atoms with Gasteiger partial charge in [0, 0.05) is 6.20 Å². The molecule has 120 valence electrons. The lowest BCUT2D eigenvalue weighted by Crippen LogP contribution is -1.98. The number of aromatic hydroxyl groups is 1. The summed E-state index contributed by atoms with van der Waals surface area (Å²) < 4.78 is 6.56. The van der Waals surface area contributed by atoms with E-state index in [1.165, 1.54) is 10.9 Å². The highest BCUT2D eigenvalue weighted by Crippen LogP contribution is 2.30. The van der Waals surface area contributed by atoms with Crippen molar-refractivity contribution in [3.8, 4) is 40.3 Å². The minimum absolute atomic E-state index is 0.0268. The average molecular weight is 329 g/mol. The maximum atomic E-state index is 10.5. The zero-order chi connectivity index (χ0) is 17.2. The van der Waals surface area contributed by atoms with Crippen molar-refractivity contribution in [2.45, 2.75) is 0 Å². The Bertz CT molecular complexity index is 1040. The number of hydrogen-bond donors (Lipinski definition) is 1. The minimum Gasteiger partial charge on any atom is -0.493 e. The summed E-state index contributed by atoms with van der Waals surface area (Å²) in [5.41, 5.74) is 2.61. The zero-order valence-electron chi connectivity index (χ0n) is 12.9. The molecular weight excluding hydrogens is 318 g/mol. The number of aromatic nitrogens is 4. The quantitative estimate of drug-likeness (QED) is 0.619. The highest BCUT2D eigenvalue weighted by Gasteiger charge is 2.14. The van der Waals surface area contributed by atoms with Crippen molar-refractivity contribution in [2.24, 2.45) is 0 Å². The molecule has 0 atom stereocenters. The molecule has 0 aliphatic heterocycles. The summed E-state index contributed by atoms with van der Waals surface area (Å²) in [5, 5.41) is 23.5. The first-order valence-electron chi connectivity index (χ1n) is 7.40. The summed E-state index contributed by atoms with van der Waals surface area (Å²) in [5.74, 6) is 0.913. The van der Waals surface area contributed by atoms with Crippen molar-refractivity contribution >= 4 is 0 Å². The fourth-order valence-electron chi connectivity index (χ4n) is 2.44. The molecule has 0 unspecified atom stereocenters. The van der Waals surface area contributed by atoms with Gasteiger partial charge in [-0.05, 0) is 29.8 Å². The van der Waals surface area contributed by atoms with Crippen LogP contribution in [0.15, 0.2) is 65.7 Å². The molecule has 3 heterocycles. The summed E-state index contributed by atoms with van der Waals surface area (Å²) in [7, 11) is 0. The molecule has 1 N–H and O–H groups in total. The molecule has 0 radical (unpaired) electrons. The molecule has 0 spiro atoms. The van der Waals surface area contributed by atoms with Crippen LogP contribution >= 0.6 is 0 Å². The standard InChI is InChI=1S/C18H11N5O2/c19-9-12-1-3-13(4-2-12)15-11-22-23(18(15)24)16-6-5-14(10-21-16)17-20-7-8-25-17/h1-8,10-11,24H. The molecule has 4 rings (SSSR count). The molecule has 0 fully saturated rings. The molecule has 4 aromatic rings. The number of hydrogen-bond acceptors (Lipinski definition) is 6. The van der Waals surface area contributed by atoms with E-state index >= 15 is 0 Å². The second kappa shape index (κ2) is 5.94. The normalized spacial score (nSPS) is 10.5. The van der Waals surface area contributed by atoms with Gasteiger partial charge in [0.05, 0.1) is 35.2 Å². The second-order valence-electron chi connectivity index (χ2n) is 5.23. The molecule has 7 heteroatoms. The molecule has 3 aromatic heterocycles. The minimum atomic E-state index is -0.0268. The molecule has 0 aliphatic carbocycles. The van der Waals surface area contributed by atoms with E-state index in [0.717, 1.165) is 11.1 Å². The van der Waals surface area contributed by atoms with Gasteiger partial charge in [-0.3, -0.25) is 0 Å². The van der Waals surface area contributed by atoms with Crippen LogP contribution in [0.2, 0.25) is 0 Å². The highest BCUT2D eigenvalue weighted by atomic mass is 16.3. The van der Waals surface area contributed by atoms with Gasteiger partial charge < -0.3 is 9.52 Å². The van der Waals surface area contributed by atoms with E-state index in [9.17, 15) is 5.11 Å². The van der Waals surface area contributed by atoms with Crippen molar-refractivity contribution in [3.63, 3.8) is 0 Å². The Hall–Kier alpha value is -3.92. The van der Waals surface area contributed by atoms with Crippen molar-refractivity contribution < 1.29 is 9.52 Å². The van der Waals surface area contributed by atoms with Crippen molar-refractivity contribution in [3.05, 3.63) is 66.8 Å². The Labute approximate surface area is 142 Å². The van der Waals surface area contributed by atoms with E-state index in [0.29, 0.717) is 22.8 Å². The summed E-state index contributed by atoms with van der Waals surface area (Å²) >= 11 is 0. The van der Waals surface area contributed by atoms with Gasteiger partial charge >= 0.3 is 0 Å². The maximum absolute atomic E-state index is 10.5. The number of oxazole rings is 1. The van der Waals surface area contributed by atoms with Crippen LogP contribution in [0.25, 0.3) is 28.4 Å². The number of nitriles is 1. The highest BCUT2D eigenvalue weighted by molar-refractivity contribution is 5.69. The molecule has 0 amide bonds. The molecule has 7 nitrogen and oxygen atoms in total. The Kier molecular flexibility index (Phi) is 3.48. The largest absolute Gasteiger partial charge is 0.493 e. The Balaban J connectivity index is 1.67. The van der Waals surface area contributed by atoms with Gasteiger partial charge in [0.25, 0.3) is 0 Å². The van der Waals surface area contributed by atoms with E-state index in [2.05, 4.69) is 21.1 Å². The van der Waals surface area contributed by atoms with Gasteiger partial charge in [0.1, 0.15) is 6.26 Å². The third-order valence-electron chi connectivity index (χ3n) is 3.71. The van der Waals surface area contributed by atoms with Crippen molar-refractivity contribution in [1.82, 2.24) is 19.7 Å². The van der Waals surface area contributed by atoms with E-state index in [1.54, 1.807) is 55.0 Å². The summed E-state index contributed by atoms with van der Waals surface area (Å²) in [4.78, 5) is 8.36. The van der Waals surface area contributed by atoms with Gasteiger partial charge in [-0.25, -0.2) is 9.97 Å². The predicted molar refractivity (Wildman–Crippen MR) is 88.7 cm³/mol. The van der Waals surface area contributed by atoms with Crippen LogP contribution in [0.3, 0.4) is 0 Å². The van der Waals surface area contributed by atoms with Crippen molar-refractivity contribution in [2.75, 3.05) is 0 Å². The molecule has 0 saturated heterocycles. The summed E-state index contributed by atoms with van der Waals surface area (Å²) in [6.45, 7) is 0. The van der Waals surface area contributed by atoms with Crippen LogP contribution in [0, 0.1) is 11.3 Å². The van der Waals surface area contributed by atoms with Gasteiger partial charge in [-0.2, -0.15) is 15.0 Å². The first-order valence-corrected chi connectivity index (χ1v) is 7.40. The fourth-order valence-corrected chi connectivity index (χ4v) is 2.44. The number of benzene rings is 1. The summed E-state index contributed by atoms with van der Waals surface area (Å²) in [6, 6.07) is 12.5. The number of rotatable bonds is 3. The monoisotopic (exact) mass is 329 g/mol. The predicted octanol–water partition coefficient (Wildman–Crippen LogP) is 3.17. The van der Waals surface area contributed by atoms with E-state index in [4.69, 9.17) is 9.68 Å². The second-order valence-corrected chi connectivity index (χ2v) is 5.23. The van der Waals surface area contributed by atoms with Crippen molar-refractivity contribution in [1.29, 1.82) is 5.26 Å². The van der Waals surface area contributed by atoms with Crippen LogP contribution in [0.1, 0.15) is 5.56 Å². The number of nitrogens with zero attached hydrogens (tertiary/aromatic N) is 5. The first-order chi connectivity index (χ1) is 12.3. The maximum Gasteiger partial charge on any atom is 0.227 e. The molecule has 0 saturated carbocycles. The van der Waals surface area contributed by atoms with Crippen LogP contribution in [-0.4, -0.2) is 24.9 Å². The van der Waals surface area contributed by atoms with Gasteiger partial charge in [-0.15, -0.1) is 0 Å². The smallest absolute Gasteiger partial charge is 0.227 e. The average Bonchev–Trinajstić information content (AvgIpc) is 3.32. The third-order valence-corrected chi connectivity index (χ3v) is 3.71. The van der Waals surface area contributed by atoms with E-state index < -0.39 is 0 Å². The lowest BCUT2D eigenvalue weighted by atomic mass is 10.1. The molecular formula is C18H11N5O2. The SMILES string of the molecule is N#Cc1ccc(-c2cnn(-c3ccc(-c4ncco4)cn3)c2O)cc1. The van der Waals surface area contributed by atoms with Gasteiger partial charge in [-0.1, -0.05) is 12.1 Å². The summed E-state index contributed by atoms with van der Waals surface area (Å²) in [6.07, 6.45) is 6.21. The Morgan fingerprint density at radius 3 is 2.44 bits per heavy atom. The van der Waals surface area contributed by atoms with Crippen LogP contribution in [0.4, 0.5) is 0 Å². The molecule has 1 aromatic carbocycles.